The number of hydrogen-bond acceptors (Lipinski definition) is 4. The summed E-state index contributed by atoms with van der Waals surface area (Å²) in [4.78, 5) is 33.4. The minimum Gasteiger partial charge on any atom is -0.340 e. The molecule has 1 fully saturated rings. The second-order valence-corrected chi connectivity index (χ2v) is 9.84. The Bertz CT molecular complexity index is 1170. The highest BCUT2D eigenvalue weighted by Gasteiger charge is 2.32. The monoisotopic (exact) mass is 477 g/mol. The van der Waals surface area contributed by atoms with Crippen molar-refractivity contribution in [1.82, 2.24) is 14.7 Å². The molecule has 2 aromatic carbocycles. The Kier molecular flexibility index (Phi) is 6.74. The van der Waals surface area contributed by atoms with Crippen molar-refractivity contribution in [2.45, 2.75) is 18.9 Å². The Morgan fingerprint density at radius 2 is 1.62 bits per heavy atom. The molecule has 0 aliphatic carbocycles. The maximum absolute atomic E-state index is 14.1. The van der Waals surface area contributed by atoms with Crippen LogP contribution < -0.4 is 0 Å². The first kappa shape index (κ1) is 22.7. The van der Waals surface area contributed by atoms with E-state index in [9.17, 15) is 14.0 Å². The van der Waals surface area contributed by atoms with Gasteiger partial charge in [-0.15, -0.1) is 11.3 Å². The average Bonchev–Trinajstić information content (AvgIpc) is 3.19. The van der Waals surface area contributed by atoms with E-state index in [-0.39, 0.29) is 23.4 Å². The molecule has 1 saturated heterocycles. The van der Waals surface area contributed by atoms with Gasteiger partial charge in [-0.1, -0.05) is 42.5 Å². The second kappa shape index (κ2) is 10.1. The first-order chi connectivity index (χ1) is 16.6. The SMILES string of the molecule is O=C(CN1CCc2sccc2[C@@H]1c1ccccc1)N1CCCN(C(=O)c2ccccc2F)CC1. The van der Waals surface area contributed by atoms with Gasteiger partial charge in [0, 0.05) is 37.6 Å². The molecule has 3 aromatic rings. The lowest BCUT2D eigenvalue weighted by molar-refractivity contribution is -0.132. The number of halogens is 1. The molecule has 2 amide bonds. The van der Waals surface area contributed by atoms with Crippen molar-refractivity contribution in [1.29, 1.82) is 0 Å². The van der Waals surface area contributed by atoms with Gasteiger partial charge in [-0.05, 0) is 47.5 Å². The van der Waals surface area contributed by atoms with E-state index in [1.54, 1.807) is 28.4 Å². The second-order valence-electron chi connectivity index (χ2n) is 8.84. The van der Waals surface area contributed by atoms with Crippen LogP contribution in [0.1, 0.15) is 38.8 Å². The van der Waals surface area contributed by atoms with E-state index in [0.717, 1.165) is 13.0 Å². The summed E-state index contributed by atoms with van der Waals surface area (Å²) < 4.78 is 14.1. The highest BCUT2D eigenvalue weighted by Crippen LogP contribution is 2.37. The molecule has 0 bridgehead atoms. The van der Waals surface area contributed by atoms with Crippen molar-refractivity contribution >= 4 is 23.2 Å². The van der Waals surface area contributed by atoms with Crippen molar-refractivity contribution in [3.8, 4) is 0 Å². The Balaban J connectivity index is 1.27. The third-order valence-electron chi connectivity index (χ3n) is 6.76. The Labute approximate surface area is 203 Å². The first-order valence-electron chi connectivity index (χ1n) is 11.8. The molecule has 0 N–H and O–H groups in total. The molecule has 2 aliphatic rings. The molecule has 7 heteroatoms. The number of rotatable bonds is 4. The van der Waals surface area contributed by atoms with Gasteiger partial charge in [-0.25, -0.2) is 4.39 Å². The van der Waals surface area contributed by atoms with E-state index in [2.05, 4.69) is 28.5 Å². The number of hydrogen-bond donors (Lipinski definition) is 0. The highest BCUT2D eigenvalue weighted by molar-refractivity contribution is 7.10. The maximum atomic E-state index is 14.1. The van der Waals surface area contributed by atoms with E-state index in [1.165, 1.54) is 28.1 Å². The van der Waals surface area contributed by atoms with E-state index < -0.39 is 5.82 Å². The lowest BCUT2D eigenvalue weighted by Crippen LogP contribution is -2.45. The van der Waals surface area contributed by atoms with E-state index >= 15 is 0 Å². The van der Waals surface area contributed by atoms with Crippen LogP contribution in [0.5, 0.6) is 0 Å². The number of carbonyl (C=O) groups excluding carboxylic acids is 2. The summed E-state index contributed by atoms with van der Waals surface area (Å²) in [5, 5.41) is 2.14. The molecule has 1 aromatic heterocycles. The minimum atomic E-state index is -0.505. The smallest absolute Gasteiger partial charge is 0.256 e. The van der Waals surface area contributed by atoms with Crippen molar-refractivity contribution in [3.63, 3.8) is 0 Å². The summed E-state index contributed by atoms with van der Waals surface area (Å²) in [6.45, 7) is 3.18. The molecule has 2 aliphatic heterocycles. The van der Waals surface area contributed by atoms with Crippen LogP contribution in [-0.2, 0) is 11.2 Å². The van der Waals surface area contributed by atoms with Crippen molar-refractivity contribution in [2.24, 2.45) is 0 Å². The van der Waals surface area contributed by atoms with Gasteiger partial charge >= 0.3 is 0 Å². The molecule has 5 rings (SSSR count). The number of fused-ring (bicyclic) bond motifs is 1. The number of amides is 2. The van der Waals surface area contributed by atoms with Gasteiger partial charge in [0.2, 0.25) is 5.91 Å². The summed E-state index contributed by atoms with van der Waals surface area (Å²) in [6, 6.07) is 18.7. The standard InChI is InChI=1S/C27H28FN3O2S/c28-23-10-5-4-9-21(23)27(33)30-14-6-13-29(16-17-30)25(32)19-31-15-11-24-22(12-18-34-24)26(31)20-7-2-1-3-8-20/h1-5,7-10,12,18,26H,6,11,13-17,19H2/t26-/m0/s1. The zero-order valence-corrected chi connectivity index (χ0v) is 19.8. The lowest BCUT2D eigenvalue weighted by Gasteiger charge is -2.37. The van der Waals surface area contributed by atoms with Gasteiger partial charge in [-0.3, -0.25) is 14.5 Å². The summed E-state index contributed by atoms with van der Waals surface area (Å²) >= 11 is 1.79. The Hall–Kier alpha value is -3.03. The molecule has 3 heterocycles. The van der Waals surface area contributed by atoms with Crippen LogP contribution in [0.4, 0.5) is 4.39 Å². The number of nitrogens with zero attached hydrogens (tertiary/aromatic N) is 3. The summed E-state index contributed by atoms with van der Waals surface area (Å²) in [5.74, 6) is -0.730. The molecule has 0 radical (unpaired) electrons. The number of thiophene rings is 1. The van der Waals surface area contributed by atoms with Crippen LogP contribution in [0.2, 0.25) is 0 Å². The minimum absolute atomic E-state index is 0.0752. The molecular formula is C27H28FN3O2S. The van der Waals surface area contributed by atoms with Crippen molar-refractivity contribution in [2.75, 3.05) is 39.3 Å². The molecule has 0 spiro atoms. The van der Waals surface area contributed by atoms with Crippen LogP contribution in [0.15, 0.2) is 66.0 Å². The van der Waals surface area contributed by atoms with Crippen molar-refractivity contribution in [3.05, 3.63) is 93.4 Å². The number of benzene rings is 2. The van der Waals surface area contributed by atoms with Crippen LogP contribution in [-0.4, -0.2) is 65.8 Å². The van der Waals surface area contributed by atoms with Gasteiger partial charge in [0.05, 0.1) is 18.2 Å². The number of carbonyl (C=O) groups is 2. The van der Waals surface area contributed by atoms with Gasteiger partial charge in [0.25, 0.3) is 5.91 Å². The molecule has 34 heavy (non-hydrogen) atoms. The van der Waals surface area contributed by atoms with E-state index in [0.29, 0.717) is 39.1 Å². The summed E-state index contributed by atoms with van der Waals surface area (Å²) in [5.41, 5.74) is 2.59. The van der Waals surface area contributed by atoms with E-state index in [1.807, 2.05) is 23.1 Å². The Morgan fingerprint density at radius 1 is 0.882 bits per heavy atom. The fourth-order valence-corrected chi connectivity index (χ4v) is 5.92. The maximum Gasteiger partial charge on any atom is 0.256 e. The fraction of sp³-hybridized carbons (Fsp3) is 0.333. The third kappa shape index (κ3) is 4.63. The zero-order chi connectivity index (χ0) is 23.5. The summed E-state index contributed by atoms with van der Waals surface area (Å²) in [7, 11) is 0. The Morgan fingerprint density at radius 3 is 2.44 bits per heavy atom. The predicted octanol–water partition coefficient (Wildman–Crippen LogP) is 4.21. The normalized spacial score (nSPS) is 18.9. The average molecular weight is 478 g/mol. The fourth-order valence-electron chi connectivity index (χ4n) is 5.01. The van der Waals surface area contributed by atoms with Crippen LogP contribution in [0.25, 0.3) is 0 Å². The van der Waals surface area contributed by atoms with Crippen LogP contribution in [0, 0.1) is 5.82 Å². The predicted molar refractivity (Wildman–Crippen MR) is 131 cm³/mol. The largest absolute Gasteiger partial charge is 0.340 e. The van der Waals surface area contributed by atoms with Crippen LogP contribution in [0.3, 0.4) is 0 Å². The highest BCUT2D eigenvalue weighted by atomic mass is 32.1. The molecule has 0 saturated carbocycles. The third-order valence-corrected chi connectivity index (χ3v) is 7.76. The summed E-state index contributed by atoms with van der Waals surface area (Å²) in [6.07, 6.45) is 1.64. The van der Waals surface area contributed by atoms with Crippen molar-refractivity contribution < 1.29 is 14.0 Å². The molecular weight excluding hydrogens is 449 g/mol. The van der Waals surface area contributed by atoms with Gasteiger partial charge < -0.3 is 9.80 Å². The van der Waals surface area contributed by atoms with Gasteiger partial charge in [-0.2, -0.15) is 0 Å². The topological polar surface area (TPSA) is 43.9 Å². The zero-order valence-electron chi connectivity index (χ0n) is 19.0. The molecule has 0 unspecified atom stereocenters. The molecule has 1 atom stereocenters. The quantitative estimate of drug-likeness (QED) is 0.566. The van der Waals surface area contributed by atoms with Gasteiger partial charge in [0.1, 0.15) is 5.82 Å². The van der Waals surface area contributed by atoms with E-state index in [4.69, 9.17) is 0 Å². The first-order valence-corrected chi connectivity index (χ1v) is 12.7. The molecule has 5 nitrogen and oxygen atoms in total. The molecule has 176 valence electrons. The van der Waals surface area contributed by atoms with Gasteiger partial charge in [0.15, 0.2) is 0 Å². The van der Waals surface area contributed by atoms with Crippen LogP contribution >= 0.6 is 11.3 Å². The lowest BCUT2D eigenvalue weighted by atomic mass is 9.93.